The molecule has 2 atom stereocenters. The standard InChI is InChI=1S/C17H14N2OS/c20-16(13-10-12(13)11-6-2-1-3-7-11)19-17-18-14-8-4-5-9-15(14)21-17/h1-9,12-13H,10H2,(H,18,19,20)/t12-,13-/m1/s1. The molecular weight excluding hydrogens is 280 g/mol. The number of aromatic nitrogens is 1. The molecule has 2 aromatic carbocycles. The van der Waals surface area contributed by atoms with Crippen molar-refractivity contribution in [2.75, 3.05) is 5.32 Å². The van der Waals surface area contributed by atoms with Crippen LogP contribution in [0.4, 0.5) is 5.13 Å². The Morgan fingerprint density at radius 1 is 1.10 bits per heavy atom. The number of amides is 1. The molecule has 3 aromatic rings. The minimum Gasteiger partial charge on any atom is -0.302 e. The Bertz CT molecular complexity index is 764. The Morgan fingerprint density at radius 2 is 1.86 bits per heavy atom. The summed E-state index contributed by atoms with van der Waals surface area (Å²) in [6.45, 7) is 0. The molecule has 1 aliphatic rings. The monoisotopic (exact) mass is 294 g/mol. The second-order valence-electron chi connectivity index (χ2n) is 5.34. The van der Waals surface area contributed by atoms with Crippen molar-refractivity contribution in [1.82, 2.24) is 4.98 Å². The first-order valence-corrected chi connectivity index (χ1v) is 7.84. The number of nitrogens with one attached hydrogen (secondary N) is 1. The number of nitrogens with zero attached hydrogens (tertiary/aromatic N) is 1. The van der Waals surface area contributed by atoms with Crippen LogP contribution in [0.25, 0.3) is 10.2 Å². The molecule has 1 heterocycles. The lowest BCUT2D eigenvalue weighted by Crippen LogP contribution is -2.14. The Morgan fingerprint density at radius 3 is 2.67 bits per heavy atom. The van der Waals surface area contributed by atoms with E-state index in [2.05, 4.69) is 22.4 Å². The van der Waals surface area contributed by atoms with Crippen LogP contribution in [0.2, 0.25) is 0 Å². The average molecular weight is 294 g/mol. The normalized spacial score (nSPS) is 20.4. The maximum atomic E-state index is 12.3. The molecule has 0 spiro atoms. The summed E-state index contributed by atoms with van der Waals surface area (Å²) < 4.78 is 1.10. The fraction of sp³-hybridized carbons (Fsp3) is 0.176. The van der Waals surface area contributed by atoms with Gasteiger partial charge >= 0.3 is 0 Å². The lowest BCUT2D eigenvalue weighted by molar-refractivity contribution is -0.117. The number of fused-ring (bicyclic) bond motifs is 1. The first-order valence-electron chi connectivity index (χ1n) is 7.02. The Labute approximate surface area is 126 Å². The van der Waals surface area contributed by atoms with Gasteiger partial charge < -0.3 is 5.32 Å². The minimum atomic E-state index is 0.0828. The summed E-state index contributed by atoms with van der Waals surface area (Å²) in [4.78, 5) is 16.7. The maximum absolute atomic E-state index is 12.3. The van der Waals surface area contributed by atoms with Crippen LogP contribution in [0.3, 0.4) is 0 Å². The third-order valence-electron chi connectivity index (χ3n) is 3.88. The predicted octanol–water partition coefficient (Wildman–Crippen LogP) is 4.04. The van der Waals surface area contributed by atoms with Crippen molar-refractivity contribution >= 4 is 32.6 Å². The summed E-state index contributed by atoms with van der Waals surface area (Å²) in [5.41, 5.74) is 2.19. The lowest BCUT2D eigenvalue weighted by Gasteiger charge is -2.01. The van der Waals surface area contributed by atoms with E-state index in [0.717, 1.165) is 16.6 Å². The average Bonchev–Trinajstić information content (AvgIpc) is 3.22. The van der Waals surface area contributed by atoms with E-state index in [-0.39, 0.29) is 11.8 Å². The maximum Gasteiger partial charge on any atom is 0.229 e. The molecule has 1 fully saturated rings. The molecule has 4 heteroatoms. The fourth-order valence-electron chi connectivity index (χ4n) is 2.68. The van der Waals surface area contributed by atoms with Gasteiger partial charge in [0.15, 0.2) is 5.13 Å². The van der Waals surface area contributed by atoms with E-state index in [0.29, 0.717) is 11.0 Å². The van der Waals surface area contributed by atoms with Crippen molar-refractivity contribution < 1.29 is 4.79 Å². The van der Waals surface area contributed by atoms with Crippen molar-refractivity contribution in [3.63, 3.8) is 0 Å². The van der Waals surface area contributed by atoms with Gasteiger partial charge in [0.2, 0.25) is 5.91 Å². The summed E-state index contributed by atoms with van der Waals surface area (Å²) in [6, 6.07) is 18.2. The minimum absolute atomic E-state index is 0.0828. The number of para-hydroxylation sites is 1. The summed E-state index contributed by atoms with van der Waals surface area (Å²) in [5, 5.41) is 3.66. The van der Waals surface area contributed by atoms with Gasteiger partial charge in [-0.05, 0) is 30.0 Å². The molecule has 0 radical (unpaired) electrons. The lowest BCUT2D eigenvalue weighted by atomic mass is 10.1. The second-order valence-corrected chi connectivity index (χ2v) is 6.37. The van der Waals surface area contributed by atoms with Crippen LogP contribution in [-0.2, 0) is 4.79 Å². The molecule has 1 N–H and O–H groups in total. The number of anilines is 1. The molecule has 0 saturated heterocycles. The van der Waals surface area contributed by atoms with Crippen molar-refractivity contribution in [1.29, 1.82) is 0 Å². The van der Waals surface area contributed by atoms with Crippen LogP contribution in [0, 0.1) is 5.92 Å². The number of carbonyl (C=O) groups is 1. The molecule has 0 unspecified atom stereocenters. The highest BCUT2D eigenvalue weighted by Crippen LogP contribution is 2.48. The number of benzene rings is 2. The van der Waals surface area contributed by atoms with Gasteiger partial charge in [0.1, 0.15) is 0 Å². The van der Waals surface area contributed by atoms with Crippen molar-refractivity contribution in [3.05, 3.63) is 60.2 Å². The summed E-state index contributed by atoms with van der Waals surface area (Å²) >= 11 is 1.52. The van der Waals surface area contributed by atoms with Crippen LogP contribution in [0.15, 0.2) is 54.6 Å². The molecule has 1 aliphatic carbocycles. The first-order chi connectivity index (χ1) is 10.3. The zero-order chi connectivity index (χ0) is 14.2. The van der Waals surface area contributed by atoms with Gasteiger partial charge in [-0.1, -0.05) is 53.8 Å². The second kappa shape index (κ2) is 4.97. The molecule has 1 amide bonds. The van der Waals surface area contributed by atoms with Crippen molar-refractivity contribution in [2.24, 2.45) is 5.92 Å². The quantitative estimate of drug-likeness (QED) is 0.792. The van der Waals surface area contributed by atoms with E-state index < -0.39 is 0 Å². The van der Waals surface area contributed by atoms with E-state index >= 15 is 0 Å². The van der Waals surface area contributed by atoms with Crippen molar-refractivity contribution in [2.45, 2.75) is 12.3 Å². The molecule has 1 saturated carbocycles. The summed E-state index contributed by atoms with van der Waals surface area (Å²) in [6.07, 6.45) is 0.931. The van der Waals surface area contributed by atoms with E-state index in [4.69, 9.17) is 0 Å². The van der Waals surface area contributed by atoms with Gasteiger partial charge in [0, 0.05) is 5.92 Å². The van der Waals surface area contributed by atoms with E-state index in [9.17, 15) is 4.79 Å². The third-order valence-corrected chi connectivity index (χ3v) is 4.83. The fourth-order valence-corrected chi connectivity index (χ4v) is 3.55. The zero-order valence-electron chi connectivity index (χ0n) is 11.3. The first kappa shape index (κ1) is 12.5. The Kier molecular flexibility index (Phi) is 2.97. The SMILES string of the molecule is O=C(Nc1nc2ccccc2s1)[C@@H]1C[C@@H]1c1ccccc1. The molecule has 4 rings (SSSR count). The van der Waals surface area contributed by atoms with Gasteiger partial charge in [-0.3, -0.25) is 4.79 Å². The number of hydrogen-bond acceptors (Lipinski definition) is 3. The van der Waals surface area contributed by atoms with Crippen LogP contribution >= 0.6 is 11.3 Å². The highest BCUT2D eigenvalue weighted by atomic mass is 32.1. The van der Waals surface area contributed by atoms with Gasteiger partial charge in [0.25, 0.3) is 0 Å². The number of hydrogen-bond donors (Lipinski definition) is 1. The molecule has 3 nitrogen and oxygen atoms in total. The molecular formula is C17H14N2OS. The Balaban J connectivity index is 1.47. The number of carbonyl (C=O) groups excluding carboxylic acids is 1. The zero-order valence-corrected chi connectivity index (χ0v) is 12.1. The van der Waals surface area contributed by atoms with E-state index in [1.54, 1.807) is 0 Å². The topological polar surface area (TPSA) is 42.0 Å². The van der Waals surface area contributed by atoms with Crippen LogP contribution in [-0.4, -0.2) is 10.9 Å². The molecule has 0 bridgehead atoms. The summed E-state index contributed by atoms with van der Waals surface area (Å²) in [5.74, 6) is 0.530. The van der Waals surface area contributed by atoms with Crippen LogP contribution in [0.1, 0.15) is 17.9 Å². The van der Waals surface area contributed by atoms with Gasteiger partial charge in [-0.2, -0.15) is 0 Å². The molecule has 21 heavy (non-hydrogen) atoms. The number of thiazole rings is 1. The van der Waals surface area contributed by atoms with Crippen molar-refractivity contribution in [3.8, 4) is 0 Å². The smallest absolute Gasteiger partial charge is 0.229 e. The van der Waals surface area contributed by atoms with Crippen LogP contribution in [0.5, 0.6) is 0 Å². The van der Waals surface area contributed by atoms with Gasteiger partial charge in [0.05, 0.1) is 10.2 Å². The van der Waals surface area contributed by atoms with E-state index in [1.807, 2.05) is 42.5 Å². The highest BCUT2D eigenvalue weighted by molar-refractivity contribution is 7.22. The van der Waals surface area contributed by atoms with Gasteiger partial charge in [-0.15, -0.1) is 0 Å². The van der Waals surface area contributed by atoms with Crippen LogP contribution < -0.4 is 5.32 Å². The molecule has 104 valence electrons. The third kappa shape index (κ3) is 2.43. The molecule has 0 aliphatic heterocycles. The van der Waals surface area contributed by atoms with E-state index in [1.165, 1.54) is 16.9 Å². The van der Waals surface area contributed by atoms with Gasteiger partial charge in [-0.25, -0.2) is 4.98 Å². The highest BCUT2D eigenvalue weighted by Gasteiger charge is 2.44. The largest absolute Gasteiger partial charge is 0.302 e. The number of rotatable bonds is 3. The predicted molar refractivity (Wildman–Crippen MR) is 85.5 cm³/mol. The Hall–Kier alpha value is -2.20. The summed E-state index contributed by atoms with van der Waals surface area (Å²) in [7, 11) is 0. The molecule has 1 aromatic heterocycles.